The summed E-state index contributed by atoms with van der Waals surface area (Å²) in [6.07, 6.45) is 3.54. The van der Waals surface area contributed by atoms with Crippen molar-refractivity contribution < 1.29 is 18.3 Å². The van der Waals surface area contributed by atoms with Crippen molar-refractivity contribution in [2.45, 2.75) is 38.2 Å². The average molecular weight is 368 g/mol. The van der Waals surface area contributed by atoms with E-state index in [2.05, 4.69) is 5.32 Å². The van der Waals surface area contributed by atoms with Gasteiger partial charge in [-0.25, -0.2) is 12.7 Å². The number of amides is 1. The lowest BCUT2D eigenvalue weighted by Crippen LogP contribution is -2.46. The number of nitrogens with one attached hydrogen (secondary N) is 1. The van der Waals surface area contributed by atoms with Crippen LogP contribution in [-0.2, 0) is 21.2 Å². The van der Waals surface area contributed by atoms with Crippen LogP contribution in [0.2, 0.25) is 0 Å². The van der Waals surface area contributed by atoms with E-state index in [1.54, 1.807) is 6.92 Å². The molecule has 1 aliphatic rings. The van der Waals surface area contributed by atoms with Crippen LogP contribution in [0.25, 0.3) is 0 Å². The predicted molar refractivity (Wildman–Crippen MR) is 97.5 cm³/mol. The molecule has 0 radical (unpaired) electrons. The Morgan fingerprint density at radius 2 is 1.88 bits per heavy atom. The highest BCUT2D eigenvalue weighted by atomic mass is 32.2. The van der Waals surface area contributed by atoms with Gasteiger partial charge < -0.3 is 10.4 Å². The third-order valence-corrected chi connectivity index (χ3v) is 6.04. The number of nitrogens with zero attached hydrogens (tertiary/aromatic N) is 1. The van der Waals surface area contributed by atoms with E-state index in [1.807, 2.05) is 30.3 Å². The highest BCUT2D eigenvalue weighted by molar-refractivity contribution is 7.88. The van der Waals surface area contributed by atoms with Crippen molar-refractivity contribution in [3.8, 4) is 0 Å². The predicted octanol–water partition coefficient (Wildman–Crippen LogP) is 1.16. The summed E-state index contributed by atoms with van der Waals surface area (Å²) >= 11 is 0. The van der Waals surface area contributed by atoms with Crippen molar-refractivity contribution in [3.05, 3.63) is 35.9 Å². The lowest BCUT2D eigenvalue weighted by molar-refractivity contribution is -0.127. The van der Waals surface area contributed by atoms with E-state index in [0.29, 0.717) is 32.4 Å². The van der Waals surface area contributed by atoms with Gasteiger partial charge in [0.05, 0.1) is 11.9 Å². The summed E-state index contributed by atoms with van der Waals surface area (Å²) in [4.78, 5) is 12.3. The number of hydrogen-bond acceptors (Lipinski definition) is 4. The minimum atomic E-state index is -3.18. The van der Waals surface area contributed by atoms with Crippen LogP contribution in [0.3, 0.4) is 0 Å². The molecule has 1 amide bonds. The molecule has 2 rings (SSSR count). The maximum atomic E-state index is 12.3. The Balaban J connectivity index is 1.75. The monoisotopic (exact) mass is 368 g/mol. The zero-order valence-electron chi connectivity index (χ0n) is 14.9. The molecule has 140 valence electrons. The van der Waals surface area contributed by atoms with E-state index >= 15 is 0 Å². The first-order valence-electron chi connectivity index (χ1n) is 8.66. The summed E-state index contributed by atoms with van der Waals surface area (Å²) in [5.41, 5.74) is 0.182. The summed E-state index contributed by atoms with van der Waals surface area (Å²) in [6, 6.07) is 9.93. The van der Waals surface area contributed by atoms with Crippen molar-refractivity contribution in [2.75, 3.05) is 25.9 Å². The molecule has 0 aliphatic carbocycles. The number of piperidine rings is 1. The Hall–Kier alpha value is -1.44. The first kappa shape index (κ1) is 19.9. The fraction of sp³-hybridized carbons (Fsp3) is 0.611. The molecule has 1 aromatic rings. The number of carbonyl (C=O) groups excluding carboxylic acids is 1. The lowest BCUT2D eigenvalue weighted by atomic mass is 9.94. The summed E-state index contributed by atoms with van der Waals surface area (Å²) in [6.45, 7) is 2.68. The molecule has 25 heavy (non-hydrogen) atoms. The van der Waals surface area contributed by atoms with Crippen molar-refractivity contribution in [3.63, 3.8) is 0 Å². The number of benzene rings is 1. The molecule has 7 heteroatoms. The molecular weight excluding hydrogens is 340 g/mol. The molecule has 0 bridgehead atoms. The second-order valence-electron chi connectivity index (χ2n) is 7.14. The molecule has 2 N–H and O–H groups in total. The fourth-order valence-electron chi connectivity index (χ4n) is 3.02. The fourth-order valence-corrected chi connectivity index (χ4v) is 3.89. The number of aliphatic hydroxyl groups is 1. The summed E-state index contributed by atoms with van der Waals surface area (Å²) < 4.78 is 24.4. The Labute approximate surface area is 150 Å². The Morgan fingerprint density at radius 1 is 1.28 bits per heavy atom. The van der Waals surface area contributed by atoms with Crippen LogP contribution in [0.5, 0.6) is 0 Å². The second kappa shape index (κ2) is 8.29. The lowest BCUT2D eigenvalue weighted by Gasteiger charge is -2.30. The van der Waals surface area contributed by atoms with Crippen LogP contribution >= 0.6 is 0 Å². The Bertz CT molecular complexity index is 666. The standard InChI is InChI=1S/C18H28N2O4S/c1-18(22,11-8-15-6-4-3-5-7-15)14-19-17(21)16-9-12-20(13-10-16)25(2,23)24/h3-7,16,22H,8-14H2,1-2H3,(H,19,21)/t18-/m0/s1. The van der Waals surface area contributed by atoms with Crippen LogP contribution in [0.15, 0.2) is 30.3 Å². The molecule has 0 spiro atoms. The van der Waals surface area contributed by atoms with E-state index in [9.17, 15) is 18.3 Å². The highest BCUT2D eigenvalue weighted by Gasteiger charge is 2.30. The number of aryl methyl sites for hydroxylation is 1. The minimum absolute atomic E-state index is 0.104. The molecule has 1 aromatic carbocycles. The minimum Gasteiger partial charge on any atom is -0.388 e. The van der Waals surface area contributed by atoms with Gasteiger partial charge in [-0.15, -0.1) is 0 Å². The van der Waals surface area contributed by atoms with Crippen molar-refractivity contribution in [1.82, 2.24) is 9.62 Å². The maximum Gasteiger partial charge on any atom is 0.223 e. The molecule has 6 nitrogen and oxygen atoms in total. The smallest absolute Gasteiger partial charge is 0.223 e. The van der Waals surface area contributed by atoms with E-state index < -0.39 is 15.6 Å². The number of hydrogen-bond donors (Lipinski definition) is 2. The van der Waals surface area contributed by atoms with Gasteiger partial charge in [-0.3, -0.25) is 4.79 Å². The van der Waals surface area contributed by atoms with Crippen molar-refractivity contribution >= 4 is 15.9 Å². The van der Waals surface area contributed by atoms with Gasteiger partial charge in [0.15, 0.2) is 0 Å². The van der Waals surface area contributed by atoms with Gasteiger partial charge in [0.2, 0.25) is 15.9 Å². The number of carbonyl (C=O) groups is 1. The zero-order valence-corrected chi connectivity index (χ0v) is 15.8. The SMILES string of the molecule is C[C@](O)(CCc1ccccc1)CNC(=O)C1CCN(S(C)(=O)=O)CC1. The quantitative estimate of drug-likeness (QED) is 0.756. The third-order valence-electron chi connectivity index (χ3n) is 4.73. The second-order valence-corrected chi connectivity index (χ2v) is 9.12. The summed E-state index contributed by atoms with van der Waals surface area (Å²) in [7, 11) is -3.18. The van der Waals surface area contributed by atoms with Gasteiger partial charge in [0.1, 0.15) is 0 Å². The topological polar surface area (TPSA) is 86.7 Å². The van der Waals surface area contributed by atoms with Gasteiger partial charge in [-0.2, -0.15) is 0 Å². The third kappa shape index (κ3) is 6.41. The molecule has 0 saturated carbocycles. The molecule has 1 heterocycles. The Morgan fingerprint density at radius 3 is 2.44 bits per heavy atom. The molecule has 1 fully saturated rings. The van der Waals surface area contributed by atoms with Crippen LogP contribution in [0.4, 0.5) is 0 Å². The maximum absolute atomic E-state index is 12.3. The van der Waals surface area contributed by atoms with Gasteiger partial charge in [-0.1, -0.05) is 30.3 Å². The van der Waals surface area contributed by atoms with Crippen LogP contribution in [0.1, 0.15) is 31.7 Å². The van der Waals surface area contributed by atoms with Crippen molar-refractivity contribution in [1.29, 1.82) is 0 Å². The first-order valence-corrected chi connectivity index (χ1v) is 10.5. The number of rotatable bonds is 7. The van der Waals surface area contributed by atoms with Gasteiger partial charge in [-0.05, 0) is 38.2 Å². The van der Waals surface area contributed by atoms with Gasteiger partial charge in [0, 0.05) is 25.6 Å². The molecule has 1 atom stereocenters. The van der Waals surface area contributed by atoms with E-state index in [4.69, 9.17) is 0 Å². The summed E-state index contributed by atoms with van der Waals surface area (Å²) in [5.74, 6) is -0.295. The highest BCUT2D eigenvalue weighted by Crippen LogP contribution is 2.20. The molecule has 0 aromatic heterocycles. The van der Waals surface area contributed by atoms with Gasteiger partial charge >= 0.3 is 0 Å². The van der Waals surface area contributed by atoms with Crippen molar-refractivity contribution in [2.24, 2.45) is 5.92 Å². The Kier molecular flexibility index (Phi) is 6.59. The zero-order chi connectivity index (χ0) is 18.5. The largest absolute Gasteiger partial charge is 0.388 e. The first-order chi connectivity index (χ1) is 11.7. The summed E-state index contributed by atoms with van der Waals surface area (Å²) in [5, 5.41) is 13.3. The van der Waals surface area contributed by atoms with Crippen LogP contribution in [-0.4, -0.2) is 55.2 Å². The molecular formula is C18H28N2O4S. The van der Waals surface area contributed by atoms with Gasteiger partial charge in [0.25, 0.3) is 0 Å². The molecule has 0 unspecified atom stereocenters. The number of sulfonamides is 1. The van der Waals surface area contributed by atoms with E-state index in [1.165, 1.54) is 10.6 Å². The van der Waals surface area contributed by atoms with Crippen LogP contribution < -0.4 is 5.32 Å². The van der Waals surface area contributed by atoms with Crippen LogP contribution in [0, 0.1) is 5.92 Å². The van der Waals surface area contributed by atoms with E-state index in [0.717, 1.165) is 12.0 Å². The normalized spacial score (nSPS) is 19.3. The van der Waals surface area contributed by atoms with E-state index in [-0.39, 0.29) is 18.4 Å². The molecule has 1 aliphatic heterocycles. The molecule has 1 saturated heterocycles. The average Bonchev–Trinajstić information content (AvgIpc) is 2.58.